The summed E-state index contributed by atoms with van der Waals surface area (Å²) in [6.07, 6.45) is 2.31. The van der Waals surface area contributed by atoms with E-state index in [1.807, 2.05) is 13.1 Å². The second kappa shape index (κ2) is 7.11. The predicted molar refractivity (Wildman–Crippen MR) is 79.1 cm³/mol. The zero-order chi connectivity index (χ0) is 14.5. The highest BCUT2D eigenvalue weighted by atomic mass is 16.5. The summed E-state index contributed by atoms with van der Waals surface area (Å²) in [6, 6.07) is 4.33. The highest BCUT2D eigenvalue weighted by molar-refractivity contribution is 5.10. The fourth-order valence-corrected chi connectivity index (χ4v) is 2.71. The van der Waals surface area contributed by atoms with Crippen molar-refractivity contribution in [1.29, 1.82) is 0 Å². The summed E-state index contributed by atoms with van der Waals surface area (Å²) >= 11 is 0. The molecule has 1 aromatic heterocycles. The van der Waals surface area contributed by atoms with Gasteiger partial charge in [0.1, 0.15) is 18.1 Å². The van der Waals surface area contributed by atoms with Crippen LogP contribution in [0.15, 0.2) is 16.5 Å². The van der Waals surface area contributed by atoms with E-state index in [1.54, 1.807) is 7.11 Å². The van der Waals surface area contributed by atoms with Crippen LogP contribution in [0.3, 0.4) is 0 Å². The molecule has 0 bridgehead atoms. The molecule has 1 N–H and O–H groups in total. The van der Waals surface area contributed by atoms with Crippen LogP contribution >= 0.6 is 0 Å². The first-order valence-corrected chi connectivity index (χ1v) is 7.10. The normalized spacial score (nSPS) is 15.5. The van der Waals surface area contributed by atoms with E-state index < -0.39 is 0 Å². The molecule has 0 aliphatic heterocycles. The molecule has 3 heteroatoms. The van der Waals surface area contributed by atoms with Gasteiger partial charge in [0.2, 0.25) is 0 Å². The molecule has 2 unspecified atom stereocenters. The van der Waals surface area contributed by atoms with Gasteiger partial charge in [-0.05, 0) is 43.4 Å². The van der Waals surface area contributed by atoms with Crippen LogP contribution in [-0.2, 0) is 11.3 Å². The van der Waals surface area contributed by atoms with Gasteiger partial charge in [0.25, 0.3) is 0 Å². The Bertz CT molecular complexity index is 365. The van der Waals surface area contributed by atoms with Crippen LogP contribution in [0.4, 0.5) is 0 Å². The molecule has 0 spiro atoms. The predicted octanol–water partition coefficient (Wildman–Crippen LogP) is 4.15. The molecular weight excluding hydrogens is 238 g/mol. The molecule has 1 aromatic rings. The van der Waals surface area contributed by atoms with Gasteiger partial charge >= 0.3 is 0 Å². The van der Waals surface area contributed by atoms with Crippen molar-refractivity contribution in [3.63, 3.8) is 0 Å². The lowest BCUT2D eigenvalue weighted by atomic mass is 9.82. The molecule has 0 amide bonds. The first-order chi connectivity index (χ1) is 8.85. The molecule has 1 heterocycles. The average Bonchev–Trinajstić information content (AvgIpc) is 2.72. The van der Waals surface area contributed by atoms with Gasteiger partial charge in [-0.15, -0.1) is 0 Å². The maximum absolute atomic E-state index is 5.82. The molecule has 0 saturated carbocycles. The van der Waals surface area contributed by atoms with Crippen molar-refractivity contribution >= 4 is 0 Å². The van der Waals surface area contributed by atoms with Crippen LogP contribution in [-0.4, -0.2) is 14.2 Å². The minimum absolute atomic E-state index is 0.281. The minimum Gasteiger partial charge on any atom is -0.462 e. The summed E-state index contributed by atoms with van der Waals surface area (Å²) < 4.78 is 10.9. The Morgan fingerprint density at radius 2 is 2.00 bits per heavy atom. The fourth-order valence-electron chi connectivity index (χ4n) is 2.71. The molecule has 0 fully saturated rings. The molecule has 1 rings (SSSR count). The number of hydrogen-bond acceptors (Lipinski definition) is 3. The molecule has 110 valence electrons. The number of nitrogens with one attached hydrogen (secondary N) is 1. The molecular formula is C16H29NO2. The highest BCUT2D eigenvalue weighted by Gasteiger charge is 2.21. The minimum atomic E-state index is 0.281. The van der Waals surface area contributed by atoms with Crippen LogP contribution in [0.2, 0.25) is 0 Å². The van der Waals surface area contributed by atoms with Gasteiger partial charge < -0.3 is 14.5 Å². The van der Waals surface area contributed by atoms with Crippen LogP contribution < -0.4 is 5.32 Å². The zero-order valence-corrected chi connectivity index (χ0v) is 13.2. The zero-order valence-electron chi connectivity index (χ0n) is 13.2. The number of hydrogen-bond donors (Lipinski definition) is 1. The summed E-state index contributed by atoms with van der Waals surface area (Å²) in [7, 11) is 3.68. The van der Waals surface area contributed by atoms with Gasteiger partial charge in [0.05, 0.1) is 6.04 Å². The third-order valence-electron chi connectivity index (χ3n) is 3.26. The topological polar surface area (TPSA) is 34.4 Å². The van der Waals surface area contributed by atoms with E-state index in [0.29, 0.717) is 17.9 Å². The highest BCUT2D eigenvalue weighted by Crippen LogP contribution is 2.31. The van der Waals surface area contributed by atoms with Gasteiger partial charge in [-0.25, -0.2) is 0 Å². The number of methoxy groups -OCH3 is 1. The van der Waals surface area contributed by atoms with Gasteiger partial charge in [0, 0.05) is 7.11 Å². The van der Waals surface area contributed by atoms with E-state index in [9.17, 15) is 0 Å². The lowest BCUT2D eigenvalue weighted by molar-refractivity contribution is 0.160. The van der Waals surface area contributed by atoms with Gasteiger partial charge in [0.15, 0.2) is 0 Å². The maximum Gasteiger partial charge on any atom is 0.129 e. The Morgan fingerprint density at radius 3 is 2.53 bits per heavy atom. The molecule has 19 heavy (non-hydrogen) atoms. The monoisotopic (exact) mass is 267 g/mol. The Kier molecular flexibility index (Phi) is 6.08. The van der Waals surface area contributed by atoms with Crippen molar-refractivity contribution in [2.45, 2.75) is 53.2 Å². The Balaban J connectivity index is 2.61. The van der Waals surface area contributed by atoms with Crippen molar-refractivity contribution in [1.82, 2.24) is 5.32 Å². The van der Waals surface area contributed by atoms with E-state index in [4.69, 9.17) is 9.15 Å². The molecule has 0 radical (unpaired) electrons. The van der Waals surface area contributed by atoms with Crippen LogP contribution in [0.5, 0.6) is 0 Å². The van der Waals surface area contributed by atoms with Crippen LogP contribution in [0.25, 0.3) is 0 Å². The van der Waals surface area contributed by atoms with E-state index in [0.717, 1.165) is 17.9 Å². The van der Waals surface area contributed by atoms with E-state index in [1.165, 1.54) is 6.42 Å². The van der Waals surface area contributed by atoms with E-state index in [-0.39, 0.29) is 6.04 Å². The number of furan rings is 1. The lowest BCUT2D eigenvalue weighted by Crippen LogP contribution is -2.21. The molecule has 0 aliphatic carbocycles. The summed E-state index contributed by atoms with van der Waals surface area (Å²) in [6.45, 7) is 9.73. The quantitative estimate of drug-likeness (QED) is 0.806. The third-order valence-corrected chi connectivity index (χ3v) is 3.26. The molecule has 2 atom stereocenters. The molecule has 0 aromatic carbocycles. The third kappa shape index (κ3) is 5.79. The van der Waals surface area contributed by atoms with Gasteiger partial charge in [-0.2, -0.15) is 0 Å². The Morgan fingerprint density at radius 1 is 1.32 bits per heavy atom. The lowest BCUT2D eigenvalue weighted by Gasteiger charge is -2.25. The summed E-state index contributed by atoms with van der Waals surface area (Å²) in [5.74, 6) is 2.56. The second-order valence-corrected chi connectivity index (χ2v) is 6.68. The first kappa shape index (κ1) is 16.3. The van der Waals surface area contributed by atoms with Crippen molar-refractivity contribution in [3.05, 3.63) is 23.7 Å². The standard InChI is InChI=1S/C16H29NO2/c1-12(10-16(2,3)4)9-14(17-5)15-8-7-13(19-15)11-18-6/h7-8,12,14,17H,9-11H2,1-6H3. The first-order valence-electron chi connectivity index (χ1n) is 7.10. The van der Waals surface area contributed by atoms with Gasteiger partial charge in [-0.1, -0.05) is 27.7 Å². The Labute approximate surface area is 117 Å². The van der Waals surface area contributed by atoms with E-state index >= 15 is 0 Å². The average molecular weight is 267 g/mol. The van der Waals surface area contributed by atoms with E-state index in [2.05, 4.69) is 39.1 Å². The maximum atomic E-state index is 5.82. The van der Waals surface area contributed by atoms with Gasteiger partial charge in [-0.3, -0.25) is 0 Å². The number of rotatable bonds is 7. The second-order valence-electron chi connectivity index (χ2n) is 6.68. The summed E-state index contributed by atoms with van der Waals surface area (Å²) in [5.41, 5.74) is 0.377. The fraction of sp³-hybridized carbons (Fsp3) is 0.750. The molecule has 0 saturated heterocycles. The van der Waals surface area contributed by atoms with Crippen molar-refractivity contribution in [2.75, 3.05) is 14.2 Å². The van der Waals surface area contributed by atoms with Crippen LogP contribution in [0.1, 0.15) is 58.1 Å². The molecule has 0 aliphatic rings. The largest absolute Gasteiger partial charge is 0.462 e. The SMILES string of the molecule is CNC(CC(C)CC(C)(C)C)c1ccc(COC)o1. The summed E-state index contributed by atoms with van der Waals surface area (Å²) in [4.78, 5) is 0. The van der Waals surface area contributed by atoms with Crippen LogP contribution in [0, 0.1) is 11.3 Å². The smallest absolute Gasteiger partial charge is 0.129 e. The number of ether oxygens (including phenoxy) is 1. The van der Waals surface area contributed by atoms with Crippen molar-refractivity contribution < 1.29 is 9.15 Å². The van der Waals surface area contributed by atoms with Crippen molar-refractivity contribution in [2.24, 2.45) is 11.3 Å². The Hall–Kier alpha value is -0.800. The van der Waals surface area contributed by atoms with Crippen molar-refractivity contribution in [3.8, 4) is 0 Å². The summed E-state index contributed by atoms with van der Waals surface area (Å²) in [5, 5.41) is 3.36. The molecule has 3 nitrogen and oxygen atoms in total.